The van der Waals surface area contributed by atoms with Crippen LogP contribution in [0.25, 0.3) is 0 Å². The van der Waals surface area contributed by atoms with Gasteiger partial charge in [-0.15, -0.1) is 0 Å². The Balaban J connectivity index is 2.75. The van der Waals surface area contributed by atoms with Crippen LogP contribution < -0.4 is 4.74 Å². The summed E-state index contributed by atoms with van der Waals surface area (Å²) in [6.45, 7) is 1.78. The number of ether oxygens (including phenoxy) is 1. The molecule has 0 bridgehead atoms. The molecule has 4 heteroatoms. The summed E-state index contributed by atoms with van der Waals surface area (Å²) >= 11 is 3.35. The molecule has 0 aliphatic heterocycles. The average molecular weight is 287 g/mol. The summed E-state index contributed by atoms with van der Waals surface area (Å²) in [7, 11) is 1.59. The van der Waals surface area contributed by atoms with Gasteiger partial charge in [0.05, 0.1) is 11.6 Å². The first-order valence-electron chi connectivity index (χ1n) is 5.11. The highest BCUT2D eigenvalue weighted by molar-refractivity contribution is 9.10. The number of benzene rings is 1. The number of ketones is 1. The highest BCUT2D eigenvalue weighted by atomic mass is 79.9. The molecule has 1 N–H and O–H groups in total. The minimum atomic E-state index is -0.860. The van der Waals surface area contributed by atoms with E-state index < -0.39 is 6.10 Å². The molecule has 1 unspecified atom stereocenters. The molecule has 88 valence electrons. The summed E-state index contributed by atoms with van der Waals surface area (Å²) in [6, 6.07) is 5.45. The average Bonchev–Trinajstić information content (AvgIpc) is 2.28. The van der Waals surface area contributed by atoms with Crippen molar-refractivity contribution in [3.63, 3.8) is 0 Å². The quantitative estimate of drug-likeness (QED) is 0.904. The maximum Gasteiger partial charge on any atom is 0.165 e. The standard InChI is InChI=1S/C12H15BrO3/c1-3-10(14)11(15)7-8-4-5-12(16-2)9(13)6-8/h4-6,10,14H,3,7H2,1-2H3. The van der Waals surface area contributed by atoms with Gasteiger partial charge >= 0.3 is 0 Å². The van der Waals surface area contributed by atoms with E-state index in [4.69, 9.17) is 4.74 Å². The molecule has 0 fully saturated rings. The van der Waals surface area contributed by atoms with Gasteiger partial charge in [-0.05, 0) is 40.0 Å². The van der Waals surface area contributed by atoms with Gasteiger partial charge in [0.1, 0.15) is 11.9 Å². The molecule has 0 saturated heterocycles. The largest absolute Gasteiger partial charge is 0.496 e. The molecule has 0 aliphatic carbocycles. The fraction of sp³-hybridized carbons (Fsp3) is 0.417. The first-order valence-corrected chi connectivity index (χ1v) is 5.91. The molecule has 0 spiro atoms. The number of aliphatic hydroxyl groups is 1. The van der Waals surface area contributed by atoms with Crippen molar-refractivity contribution in [3.05, 3.63) is 28.2 Å². The van der Waals surface area contributed by atoms with Crippen LogP contribution >= 0.6 is 15.9 Å². The maximum absolute atomic E-state index is 11.5. The summed E-state index contributed by atoms with van der Waals surface area (Å²) in [6.07, 6.45) is -0.158. The minimum Gasteiger partial charge on any atom is -0.496 e. The molecule has 0 radical (unpaired) electrons. The third-order valence-corrected chi connectivity index (χ3v) is 2.97. The number of halogens is 1. The van der Waals surface area contributed by atoms with E-state index in [1.54, 1.807) is 20.1 Å². The van der Waals surface area contributed by atoms with Gasteiger partial charge in [-0.3, -0.25) is 4.79 Å². The van der Waals surface area contributed by atoms with Gasteiger partial charge in [-0.25, -0.2) is 0 Å². The second-order valence-corrected chi connectivity index (χ2v) is 4.39. The molecule has 0 heterocycles. The molecule has 0 saturated carbocycles. The number of aliphatic hydroxyl groups excluding tert-OH is 1. The molecule has 1 atom stereocenters. The fourth-order valence-corrected chi connectivity index (χ4v) is 1.95. The summed E-state index contributed by atoms with van der Waals surface area (Å²) < 4.78 is 5.90. The van der Waals surface area contributed by atoms with Crippen molar-refractivity contribution in [1.29, 1.82) is 0 Å². The summed E-state index contributed by atoms with van der Waals surface area (Å²) in [5.74, 6) is 0.576. The van der Waals surface area contributed by atoms with Crippen molar-refractivity contribution in [1.82, 2.24) is 0 Å². The van der Waals surface area contributed by atoms with Gasteiger partial charge in [0.2, 0.25) is 0 Å². The van der Waals surface area contributed by atoms with E-state index in [1.165, 1.54) is 0 Å². The minimum absolute atomic E-state index is 0.153. The summed E-state index contributed by atoms with van der Waals surface area (Å²) in [5, 5.41) is 9.37. The van der Waals surface area contributed by atoms with Crippen molar-refractivity contribution >= 4 is 21.7 Å². The molecule has 0 aromatic heterocycles. The van der Waals surface area contributed by atoms with Gasteiger partial charge in [-0.2, -0.15) is 0 Å². The highest BCUT2D eigenvalue weighted by Crippen LogP contribution is 2.25. The normalized spacial score (nSPS) is 12.2. The Kier molecular flexibility index (Phi) is 4.96. The highest BCUT2D eigenvalue weighted by Gasteiger charge is 2.13. The van der Waals surface area contributed by atoms with Crippen LogP contribution in [0.1, 0.15) is 18.9 Å². The van der Waals surface area contributed by atoms with Crippen LogP contribution in [0.4, 0.5) is 0 Å². The Morgan fingerprint density at radius 3 is 2.75 bits per heavy atom. The number of carbonyl (C=O) groups excluding carboxylic acids is 1. The van der Waals surface area contributed by atoms with Crippen LogP contribution in [0.3, 0.4) is 0 Å². The molecular formula is C12H15BrO3. The van der Waals surface area contributed by atoms with E-state index in [9.17, 15) is 9.90 Å². The molecule has 16 heavy (non-hydrogen) atoms. The van der Waals surface area contributed by atoms with E-state index in [1.807, 2.05) is 12.1 Å². The molecule has 1 rings (SSSR count). The van der Waals surface area contributed by atoms with Gasteiger partial charge < -0.3 is 9.84 Å². The summed E-state index contributed by atoms with van der Waals surface area (Å²) in [5.41, 5.74) is 0.866. The van der Waals surface area contributed by atoms with Crippen LogP contribution in [0.2, 0.25) is 0 Å². The lowest BCUT2D eigenvalue weighted by molar-refractivity contribution is -0.126. The third kappa shape index (κ3) is 3.32. The lowest BCUT2D eigenvalue weighted by atomic mass is 10.0. The zero-order valence-corrected chi connectivity index (χ0v) is 11.0. The Morgan fingerprint density at radius 2 is 2.25 bits per heavy atom. The lowest BCUT2D eigenvalue weighted by Crippen LogP contribution is -2.21. The van der Waals surface area contributed by atoms with Crippen molar-refractivity contribution in [2.45, 2.75) is 25.9 Å². The predicted molar refractivity (Wildman–Crippen MR) is 65.7 cm³/mol. The zero-order chi connectivity index (χ0) is 12.1. The zero-order valence-electron chi connectivity index (χ0n) is 9.37. The van der Waals surface area contributed by atoms with Gasteiger partial charge in [-0.1, -0.05) is 13.0 Å². The van der Waals surface area contributed by atoms with Crippen LogP contribution in [0.15, 0.2) is 22.7 Å². The number of carbonyl (C=O) groups is 1. The molecular weight excluding hydrogens is 272 g/mol. The smallest absolute Gasteiger partial charge is 0.165 e. The molecule has 0 aliphatic rings. The van der Waals surface area contributed by atoms with Crippen molar-refractivity contribution in [3.8, 4) is 5.75 Å². The van der Waals surface area contributed by atoms with Crippen LogP contribution in [-0.2, 0) is 11.2 Å². The molecule has 0 amide bonds. The second-order valence-electron chi connectivity index (χ2n) is 3.54. The Morgan fingerprint density at radius 1 is 1.56 bits per heavy atom. The Labute approximate surface area is 104 Å². The van der Waals surface area contributed by atoms with Crippen molar-refractivity contribution in [2.24, 2.45) is 0 Å². The van der Waals surface area contributed by atoms with E-state index in [-0.39, 0.29) is 12.2 Å². The topological polar surface area (TPSA) is 46.5 Å². The van der Waals surface area contributed by atoms with Gasteiger partial charge in [0, 0.05) is 6.42 Å². The van der Waals surface area contributed by atoms with Gasteiger partial charge in [0.15, 0.2) is 5.78 Å². The SMILES string of the molecule is CCC(O)C(=O)Cc1ccc(OC)c(Br)c1. The first-order chi connectivity index (χ1) is 7.58. The van der Waals surface area contributed by atoms with E-state index >= 15 is 0 Å². The van der Waals surface area contributed by atoms with Crippen molar-refractivity contribution in [2.75, 3.05) is 7.11 Å². The number of rotatable bonds is 5. The number of hydrogen-bond acceptors (Lipinski definition) is 3. The monoisotopic (exact) mass is 286 g/mol. The van der Waals surface area contributed by atoms with Crippen molar-refractivity contribution < 1.29 is 14.6 Å². The van der Waals surface area contributed by atoms with Crippen LogP contribution in [0.5, 0.6) is 5.75 Å². The maximum atomic E-state index is 11.5. The van der Waals surface area contributed by atoms with E-state index in [0.717, 1.165) is 15.8 Å². The number of hydrogen-bond donors (Lipinski definition) is 1. The van der Waals surface area contributed by atoms with E-state index in [2.05, 4.69) is 15.9 Å². The van der Waals surface area contributed by atoms with Crippen LogP contribution in [0, 0.1) is 0 Å². The van der Waals surface area contributed by atoms with Gasteiger partial charge in [0.25, 0.3) is 0 Å². The fourth-order valence-electron chi connectivity index (χ4n) is 1.37. The molecule has 1 aromatic rings. The number of methoxy groups -OCH3 is 1. The lowest BCUT2D eigenvalue weighted by Gasteiger charge is -2.08. The predicted octanol–water partition coefficient (Wildman–Crippen LogP) is 2.34. The molecule has 3 nitrogen and oxygen atoms in total. The number of Topliss-reactive ketones (excluding diaryl/α,β-unsaturated/α-hetero) is 1. The Hall–Kier alpha value is -0.870. The second kappa shape index (κ2) is 6.01. The summed E-state index contributed by atoms with van der Waals surface area (Å²) in [4.78, 5) is 11.5. The molecule has 1 aromatic carbocycles. The third-order valence-electron chi connectivity index (χ3n) is 2.35. The van der Waals surface area contributed by atoms with E-state index in [0.29, 0.717) is 6.42 Å². The van der Waals surface area contributed by atoms with Crippen LogP contribution in [-0.4, -0.2) is 24.1 Å². The Bertz CT molecular complexity index is 377. The first kappa shape index (κ1) is 13.2.